The Hall–Kier alpha value is -3.73. The highest BCUT2D eigenvalue weighted by Gasteiger charge is 2.22. The first-order valence-electron chi connectivity index (χ1n) is 14.2. The number of benzene rings is 2. The summed E-state index contributed by atoms with van der Waals surface area (Å²) in [6.45, 7) is 9.25. The van der Waals surface area contributed by atoms with E-state index < -0.39 is 0 Å². The van der Waals surface area contributed by atoms with Gasteiger partial charge in [0.05, 0.1) is 32.1 Å². The van der Waals surface area contributed by atoms with Crippen LogP contribution in [-0.2, 0) is 16.1 Å². The van der Waals surface area contributed by atoms with Gasteiger partial charge in [0, 0.05) is 75.5 Å². The van der Waals surface area contributed by atoms with E-state index in [1.807, 2.05) is 30.3 Å². The molecule has 1 amide bonds. The fourth-order valence-electron chi connectivity index (χ4n) is 5.45. The number of carbonyl (C=O) groups is 1. The van der Waals surface area contributed by atoms with Crippen LogP contribution in [0.2, 0.25) is 0 Å². The Morgan fingerprint density at radius 2 is 1.68 bits per heavy atom. The summed E-state index contributed by atoms with van der Waals surface area (Å²) in [5, 5.41) is 6.49. The van der Waals surface area contributed by atoms with Crippen LogP contribution in [0.5, 0.6) is 5.75 Å². The molecule has 2 saturated heterocycles. The largest absolute Gasteiger partial charge is 0.494 e. The highest BCUT2D eigenvalue weighted by atomic mass is 16.5. The molecule has 210 valence electrons. The zero-order valence-electron chi connectivity index (χ0n) is 22.8. The van der Waals surface area contributed by atoms with Gasteiger partial charge >= 0.3 is 0 Å². The molecular weight excluding hydrogens is 506 g/mol. The van der Waals surface area contributed by atoms with E-state index in [4.69, 9.17) is 14.5 Å². The first-order valence-corrected chi connectivity index (χ1v) is 14.2. The maximum Gasteiger partial charge on any atom is 0.234 e. The Balaban J connectivity index is 1.29. The van der Waals surface area contributed by atoms with Crippen molar-refractivity contribution in [2.75, 3.05) is 82.4 Å². The minimum Gasteiger partial charge on any atom is -0.494 e. The van der Waals surface area contributed by atoms with Crippen molar-refractivity contribution in [3.05, 3.63) is 60.3 Å². The summed E-state index contributed by atoms with van der Waals surface area (Å²) < 4.78 is 11.6. The van der Waals surface area contributed by atoms with E-state index in [1.165, 1.54) is 11.3 Å². The van der Waals surface area contributed by atoms with Gasteiger partial charge in [0.2, 0.25) is 11.9 Å². The van der Waals surface area contributed by atoms with E-state index in [9.17, 15) is 4.79 Å². The third kappa shape index (κ3) is 6.70. The van der Waals surface area contributed by atoms with Gasteiger partial charge in [-0.15, -0.1) is 0 Å². The topological polar surface area (TPSA) is 95.1 Å². The number of piperazine rings is 1. The van der Waals surface area contributed by atoms with E-state index >= 15 is 0 Å². The predicted octanol–water partition coefficient (Wildman–Crippen LogP) is 2.74. The Labute approximate surface area is 235 Å². The van der Waals surface area contributed by atoms with Gasteiger partial charge in [0.25, 0.3) is 0 Å². The second-order valence-corrected chi connectivity index (χ2v) is 10.5. The lowest BCUT2D eigenvalue weighted by Crippen LogP contribution is -2.49. The molecule has 0 unspecified atom stereocenters. The fourth-order valence-corrected chi connectivity index (χ4v) is 5.45. The fraction of sp³-hybridized carbons (Fsp3) is 0.433. The summed E-state index contributed by atoms with van der Waals surface area (Å²) >= 11 is 0. The smallest absolute Gasteiger partial charge is 0.234 e. The summed E-state index contributed by atoms with van der Waals surface area (Å²) in [6.07, 6.45) is 2.52. The number of carbonyl (C=O) groups excluding carboxylic acids is 1. The third-order valence-electron chi connectivity index (χ3n) is 7.61. The summed E-state index contributed by atoms with van der Waals surface area (Å²) in [5.74, 6) is 1.41. The van der Waals surface area contributed by atoms with Gasteiger partial charge in [0.15, 0.2) is 0 Å². The van der Waals surface area contributed by atoms with E-state index in [1.54, 1.807) is 6.20 Å². The Morgan fingerprint density at radius 1 is 0.850 bits per heavy atom. The summed E-state index contributed by atoms with van der Waals surface area (Å²) in [4.78, 5) is 29.0. The second-order valence-electron chi connectivity index (χ2n) is 10.5. The third-order valence-corrected chi connectivity index (χ3v) is 7.61. The number of anilines is 3. The molecule has 10 nitrogen and oxygen atoms in total. The van der Waals surface area contributed by atoms with Crippen LogP contribution in [0, 0.1) is 0 Å². The number of aromatic nitrogens is 2. The second kappa shape index (κ2) is 12.6. The standard InChI is InChI=1S/C30H37N7O3/c38-29-22-36-12-10-35(11-13-36)21-24-19-25(5-6-28(24)37-14-17-39-18-15-37)33-30-32-9-7-27(34-30)23-3-1-4-26(20-23)40-16-2-8-31-29/h1,3-7,9,19-20H,2,8,10-18,21-22H2,(H,31,38)(H,32,33,34). The van der Waals surface area contributed by atoms with Crippen LogP contribution in [0.25, 0.3) is 11.3 Å². The molecule has 7 rings (SSSR count). The van der Waals surface area contributed by atoms with E-state index in [2.05, 4.69) is 48.5 Å². The molecular formula is C30H37N7O3. The highest BCUT2D eigenvalue weighted by Crippen LogP contribution is 2.29. The molecule has 8 bridgehead atoms. The molecule has 40 heavy (non-hydrogen) atoms. The van der Waals surface area contributed by atoms with E-state index in [0.29, 0.717) is 25.6 Å². The van der Waals surface area contributed by atoms with Crippen molar-refractivity contribution in [3.63, 3.8) is 0 Å². The van der Waals surface area contributed by atoms with Crippen molar-refractivity contribution in [1.29, 1.82) is 0 Å². The Morgan fingerprint density at radius 3 is 2.52 bits per heavy atom. The van der Waals surface area contributed by atoms with Crippen molar-refractivity contribution in [2.24, 2.45) is 0 Å². The summed E-state index contributed by atoms with van der Waals surface area (Å²) in [5.41, 5.74) is 5.25. The number of rotatable bonds is 1. The molecule has 0 atom stereocenters. The lowest BCUT2D eigenvalue weighted by molar-refractivity contribution is -0.122. The number of morpholine rings is 1. The van der Waals surface area contributed by atoms with Gasteiger partial charge < -0.3 is 25.0 Å². The van der Waals surface area contributed by atoms with Crippen LogP contribution in [-0.4, -0.2) is 97.9 Å². The van der Waals surface area contributed by atoms with Crippen LogP contribution in [0.4, 0.5) is 17.3 Å². The van der Waals surface area contributed by atoms with Gasteiger partial charge in [-0.1, -0.05) is 12.1 Å². The van der Waals surface area contributed by atoms with Crippen LogP contribution in [0.15, 0.2) is 54.7 Å². The average Bonchev–Trinajstić information content (AvgIpc) is 2.98. The van der Waals surface area contributed by atoms with Crippen molar-refractivity contribution in [2.45, 2.75) is 13.0 Å². The number of nitrogens with one attached hydrogen (secondary N) is 2. The molecule has 2 aromatic carbocycles. The van der Waals surface area contributed by atoms with Gasteiger partial charge in [-0.3, -0.25) is 14.6 Å². The zero-order valence-corrected chi connectivity index (χ0v) is 22.8. The van der Waals surface area contributed by atoms with Crippen molar-refractivity contribution < 1.29 is 14.3 Å². The van der Waals surface area contributed by atoms with Crippen molar-refractivity contribution in [3.8, 4) is 17.0 Å². The molecule has 0 aliphatic carbocycles. The number of hydrogen-bond acceptors (Lipinski definition) is 9. The van der Waals surface area contributed by atoms with Crippen LogP contribution in [0.3, 0.4) is 0 Å². The predicted molar refractivity (Wildman–Crippen MR) is 155 cm³/mol. The monoisotopic (exact) mass is 543 g/mol. The average molecular weight is 544 g/mol. The Kier molecular flexibility index (Phi) is 8.36. The number of ether oxygens (including phenoxy) is 2. The molecule has 1 aromatic heterocycles. The van der Waals surface area contributed by atoms with Crippen molar-refractivity contribution >= 4 is 23.2 Å². The SMILES string of the molecule is O=C1CN2CCN(CC2)Cc2cc(ccc2N2CCOCC2)Nc2nccc(n2)-c2cccc(c2)OCCCN1. The number of fused-ring (bicyclic) bond motifs is 8. The molecule has 2 fully saturated rings. The van der Waals surface area contributed by atoms with Crippen LogP contribution in [0.1, 0.15) is 12.0 Å². The molecule has 10 heteroatoms. The first-order chi connectivity index (χ1) is 19.7. The highest BCUT2D eigenvalue weighted by molar-refractivity contribution is 5.78. The summed E-state index contributed by atoms with van der Waals surface area (Å²) in [6, 6.07) is 16.4. The number of hydrogen-bond donors (Lipinski definition) is 2. The normalized spacial score (nSPS) is 22.2. The molecule has 4 aliphatic heterocycles. The molecule has 5 heterocycles. The number of amides is 1. The van der Waals surface area contributed by atoms with Gasteiger partial charge in [-0.05, 0) is 48.4 Å². The molecule has 0 saturated carbocycles. The number of nitrogens with zero attached hydrogens (tertiary/aromatic N) is 5. The maximum atomic E-state index is 12.5. The minimum atomic E-state index is 0.0746. The lowest BCUT2D eigenvalue weighted by atomic mass is 10.1. The van der Waals surface area contributed by atoms with Gasteiger partial charge in [-0.25, -0.2) is 9.97 Å². The van der Waals surface area contributed by atoms with E-state index in [-0.39, 0.29) is 5.91 Å². The van der Waals surface area contributed by atoms with Gasteiger partial charge in [0.1, 0.15) is 5.75 Å². The molecule has 3 aromatic rings. The Bertz CT molecular complexity index is 1310. The van der Waals surface area contributed by atoms with Crippen molar-refractivity contribution in [1.82, 2.24) is 25.1 Å². The maximum absolute atomic E-state index is 12.5. The van der Waals surface area contributed by atoms with E-state index in [0.717, 1.165) is 88.1 Å². The quantitative estimate of drug-likeness (QED) is 0.480. The molecule has 0 radical (unpaired) electrons. The zero-order chi connectivity index (χ0) is 27.1. The van der Waals surface area contributed by atoms with Crippen LogP contribution >= 0.6 is 0 Å². The molecule has 4 aliphatic rings. The first kappa shape index (κ1) is 26.5. The van der Waals surface area contributed by atoms with Crippen LogP contribution < -0.4 is 20.3 Å². The van der Waals surface area contributed by atoms with Gasteiger partial charge in [-0.2, -0.15) is 0 Å². The lowest BCUT2D eigenvalue weighted by Gasteiger charge is -2.36. The molecule has 2 N–H and O–H groups in total. The summed E-state index contributed by atoms with van der Waals surface area (Å²) in [7, 11) is 0. The molecule has 0 spiro atoms. The minimum absolute atomic E-state index is 0.0746.